The van der Waals surface area contributed by atoms with E-state index in [-0.39, 0.29) is 18.5 Å². The number of hydrogen-bond acceptors (Lipinski definition) is 4. The van der Waals surface area contributed by atoms with Gasteiger partial charge in [0.05, 0.1) is 19.6 Å². The summed E-state index contributed by atoms with van der Waals surface area (Å²) in [5.74, 6) is -0.926. The first-order valence-electron chi connectivity index (χ1n) is 6.40. The maximum atomic E-state index is 11.7. The maximum Gasteiger partial charge on any atom is 0.315 e. The van der Waals surface area contributed by atoms with Gasteiger partial charge in [-0.3, -0.25) is 4.79 Å². The monoisotopic (exact) mass is 274 g/mol. The van der Waals surface area contributed by atoms with Crippen molar-refractivity contribution in [1.29, 1.82) is 0 Å². The van der Waals surface area contributed by atoms with Crippen LogP contribution in [0, 0.1) is 0 Å². The Balaban J connectivity index is 2.35. The number of amides is 2. The normalized spacial score (nSPS) is 23.9. The number of aliphatic carboxylic acids is 1. The number of carboxylic acid groups (broad SMARTS) is 1. The Hall–Kier alpha value is -1.34. The Morgan fingerprint density at radius 2 is 2.26 bits per heavy atom. The highest BCUT2D eigenvalue weighted by atomic mass is 16.5. The number of rotatable bonds is 7. The van der Waals surface area contributed by atoms with Gasteiger partial charge >= 0.3 is 12.0 Å². The molecule has 1 aliphatic rings. The molecule has 7 heteroatoms. The second-order valence-electron chi connectivity index (χ2n) is 4.72. The number of hydrogen-bond donors (Lipinski definition) is 3. The molecule has 3 N–H and O–H groups in total. The van der Waals surface area contributed by atoms with Gasteiger partial charge in [-0.1, -0.05) is 6.92 Å². The van der Waals surface area contributed by atoms with Crippen LogP contribution in [-0.4, -0.2) is 55.6 Å². The van der Waals surface area contributed by atoms with Crippen molar-refractivity contribution in [2.45, 2.75) is 37.8 Å². The van der Waals surface area contributed by atoms with E-state index in [4.69, 9.17) is 14.6 Å². The van der Waals surface area contributed by atoms with Gasteiger partial charge in [0.1, 0.15) is 5.60 Å². The third-order valence-electron chi connectivity index (χ3n) is 3.32. The van der Waals surface area contributed by atoms with Crippen molar-refractivity contribution in [3.05, 3.63) is 0 Å². The zero-order valence-electron chi connectivity index (χ0n) is 11.4. The van der Waals surface area contributed by atoms with Gasteiger partial charge in [-0.15, -0.1) is 0 Å². The molecule has 1 heterocycles. The van der Waals surface area contributed by atoms with Gasteiger partial charge in [-0.25, -0.2) is 4.79 Å². The van der Waals surface area contributed by atoms with Crippen molar-refractivity contribution < 1.29 is 24.2 Å². The lowest BCUT2D eigenvalue weighted by molar-refractivity contribution is -0.137. The van der Waals surface area contributed by atoms with Crippen LogP contribution in [0.25, 0.3) is 0 Å². The fraction of sp³-hybridized carbons (Fsp3) is 0.833. The summed E-state index contributed by atoms with van der Waals surface area (Å²) < 4.78 is 10.6. The molecular formula is C12H22N2O5. The Labute approximate surface area is 112 Å². The quantitative estimate of drug-likeness (QED) is 0.622. The number of methoxy groups -OCH3 is 1. The average molecular weight is 274 g/mol. The number of carbonyl (C=O) groups excluding carboxylic acids is 1. The van der Waals surface area contributed by atoms with Crippen LogP contribution in [-0.2, 0) is 14.3 Å². The number of urea groups is 1. The number of nitrogens with one attached hydrogen (secondary N) is 2. The first-order valence-corrected chi connectivity index (χ1v) is 6.40. The van der Waals surface area contributed by atoms with Crippen molar-refractivity contribution in [3.8, 4) is 0 Å². The van der Waals surface area contributed by atoms with Gasteiger partial charge < -0.3 is 25.2 Å². The summed E-state index contributed by atoms with van der Waals surface area (Å²) >= 11 is 0. The van der Waals surface area contributed by atoms with Crippen molar-refractivity contribution in [1.82, 2.24) is 10.6 Å². The summed E-state index contributed by atoms with van der Waals surface area (Å²) in [7, 11) is 1.59. The molecule has 1 saturated heterocycles. The van der Waals surface area contributed by atoms with Gasteiger partial charge in [-0.05, 0) is 6.42 Å². The van der Waals surface area contributed by atoms with Gasteiger partial charge in [0.2, 0.25) is 0 Å². The van der Waals surface area contributed by atoms with Crippen LogP contribution in [0.1, 0.15) is 26.2 Å². The van der Waals surface area contributed by atoms with Crippen LogP contribution in [0.5, 0.6) is 0 Å². The summed E-state index contributed by atoms with van der Waals surface area (Å²) in [5, 5.41) is 14.0. The summed E-state index contributed by atoms with van der Waals surface area (Å²) in [4.78, 5) is 22.3. The lowest BCUT2D eigenvalue weighted by Gasteiger charge is -2.26. The molecule has 0 saturated carbocycles. The Morgan fingerprint density at radius 1 is 1.53 bits per heavy atom. The van der Waals surface area contributed by atoms with Crippen LogP contribution in [0.15, 0.2) is 0 Å². The Kier molecular flexibility index (Phi) is 6.04. The van der Waals surface area contributed by atoms with Crippen molar-refractivity contribution in [2.24, 2.45) is 0 Å². The molecule has 1 aliphatic heterocycles. The molecule has 19 heavy (non-hydrogen) atoms. The third-order valence-corrected chi connectivity index (χ3v) is 3.32. The predicted molar refractivity (Wildman–Crippen MR) is 68.0 cm³/mol. The Morgan fingerprint density at radius 3 is 2.74 bits per heavy atom. The lowest BCUT2D eigenvalue weighted by atomic mass is 10.0. The van der Waals surface area contributed by atoms with E-state index in [1.165, 1.54) is 0 Å². The molecule has 0 aliphatic carbocycles. The van der Waals surface area contributed by atoms with E-state index in [9.17, 15) is 9.59 Å². The van der Waals surface area contributed by atoms with Crippen LogP contribution in [0.3, 0.4) is 0 Å². The summed E-state index contributed by atoms with van der Waals surface area (Å²) in [5.41, 5.74) is -0.466. The Bertz CT molecular complexity index is 315. The minimum absolute atomic E-state index is 0.0809. The first kappa shape index (κ1) is 15.7. The van der Waals surface area contributed by atoms with E-state index in [2.05, 4.69) is 10.6 Å². The third kappa shape index (κ3) is 5.04. The lowest BCUT2D eigenvalue weighted by Crippen LogP contribution is -2.50. The smallest absolute Gasteiger partial charge is 0.315 e. The molecular weight excluding hydrogens is 252 g/mol. The van der Waals surface area contributed by atoms with Crippen molar-refractivity contribution >= 4 is 12.0 Å². The molecule has 2 amide bonds. The highest BCUT2D eigenvalue weighted by Crippen LogP contribution is 2.21. The summed E-state index contributed by atoms with van der Waals surface area (Å²) in [6, 6.07) is -0.743. The molecule has 1 rings (SSSR count). The van der Waals surface area contributed by atoms with Gasteiger partial charge in [0.25, 0.3) is 0 Å². The zero-order chi connectivity index (χ0) is 14.3. The zero-order valence-corrected chi connectivity index (χ0v) is 11.4. The van der Waals surface area contributed by atoms with E-state index < -0.39 is 11.6 Å². The molecule has 0 bridgehead atoms. The van der Waals surface area contributed by atoms with E-state index >= 15 is 0 Å². The second kappa shape index (κ2) is 7.30. The summed E-state index contributed by atoms with van der Waals surface area (Å²) in [6.45, 7) is 3.25. The molecule has 0 radical (unpaired) electrons. The fourth-order valence-corrected chi connectivity index (χ4v) is 1.95. The van der Waals surface area contributed by atoms with Gasteiger partial charge in [0, 0.05) is 26.2 Å². The standard InChI is InChI=1S/C12H22N2O5/c1-3-9(6-10(15)16)14-11(17)13-7-12(18-2)4-5-19-8-12/h9H,3-8H2,1-2H3,(H,15,16)(H2,13,14,17). The van der Waals surface area contributed by atoms with Crippen LogP contribution >= 0.6 is 0 Å². The van der Waals surface area contributed by atoms with E-state index in [1.807, 2.05) is 6.92 Å². The van der Waals surface area contributed by atoms with Crippen LogP contribution in [0.2, 0.25) is 0 Å². The molecule has 2 atom stereocenters. The number of ether oxygens (including phenoxy) is 2. The predicted octanol–water partition coefficient (Wildman–Crippen LogP) is 0.344. The molecule has 0 aromatic carbocycles. The molecule has 7 nitrogen and oxygen atoms in total. The topological polar surface area (TPSA) is 96.9 Å². The molecule has 110 valence electrons. The van der Waals surface area contributed by atoms with Crippen molar-refractivity contribution in [3.63, 3.8) is 0 Å². The number of carbonyl (C=O) groups is 2. The largest absolute Gasteiger partial charge is 0.481 e. The molecule has 2 unspecified atom stereocenters. The SMILES string of the molecule is CCC(CC(=O)O)NC(=O)NCC1(OC)CCOC1. The molecule has 0 aromatic heterocycles. The second-order valence-corrected chi connectivity index (χ2v) is 4.72. The maximum absolute atomic E-state index is 11.7. The molecule has 0 aromatic rings. The van der Waals surface area contributed by atoms with E-state index in [1.54, 1.807) is 7.11 Å². The highest BCUT2D eigenvalue weighted by molar-refractivity contribution is 5.75. The van der Waals surface area contributed by atoms with E-state index in [0.717, 1.165) is 6.42 Å². The minimum atomic E-state index is -0.926. The van der Waals surface area contributed by atoms with E-state index in [0.29, 0.717) is 26.2 Å². The first-order chi connectivity index (χ1) is 9.01. The van der Waals surface area contributed by atoms with Crippen LogP contribution < -0.4 is 10.6 Å². The van der Waals surface area contributed by atoms with Gasteiger partial charge in [0.15, 0.2) is 0 Å². The van der Waals surface area contributed by atoms with Crippen LogP contribution in [0.4, 0.5) is 4.79 Å². The summed E-state index contributed by atoms with van der Waals surface area (Å²) in [6.07, 6.45) is 1.22. The highest BCUT2D eigenvalue weighted by Gasteiger charge is 2.35. The fourth-order valence-electron chi connectivity index (χ4n) is 1.95. The minimum Gasteiger partial charge on any atom is -0.481 e. The van der Waals surface area contributed by atoms with Gasteiger partial charge in [-0.2, -0.15) is 0 Å². The number of carboxylic acids is 1. The molecule has 0 spiro atoms. The average Bonchev–Trinajstić information content (AvgIpc) is 2.84. The molecule has 1 fully saturated rings. The van der Waals surface area contributed by atoms with Crippen molar-refractivity contribution in [2.75, 3.05) is 26.9 Å².